The van der Waals surface area contributed by atoms with Gasteiger partial charge in [0, 0.05) is 10.8 Å². The normalized spacial score (nSPS) is 15.9. The lowest BCUT2D eigenvalue weighted by atomic mass is 9.71. The molecule has 2 aliphatic rings. The largest absolute Gasteiger partial charge is 0.0616 e. The molecule has 190 valence electrons. The van der Waals surface area contributed by atoms with Crippen molar-refractivity contribution in [2.75, 3.05) is 0 Å². The highest BCUT2D eigenvalue weighted by atomic mass is 14.5. The van der Waals surface area contributed by atoms with Gasteiger partial charge in [0.15, 0.2) is 0 Å². The van der Waals surface area contributed by atoms with Crippen molar-refractivity contribution in [1.82, 2.24) is 0 Å². The molecule has 0 heterocycles. The Balaban J connectivity index is 1.43. The van der Waals surface area contributed by atoms with Gasteiger partial charge in [-0.25, -0.2) is 0 Å². The zero-order valence-electron chi connectivity index (χ0n) is 23.4. The van der Waals surface area contributed by atoms with Crippen molar-refractivity contribution < 1.29 is 0 Å². The van der Waals surface area contributed by atoms with Gasteiger partial charge in [-0.3, -0.25) is 0 Å². The molecule has 0 N–H and O–H groups in total. The molecular formula is C40H30. The lowest BCUT2D eigenvalue weighted by Crippen LogP contribution is -2.24. The molecule has 0 amide bonds. The Morgan fingerprint density at radius 3 is 1.60 bits per heavy atom. The summed E-state index contributed by atoms with van der Waals surface area (Å²) in [6, 6.07) is 41.1. The van der Waals surface area contributed by atoms with E-state index in [-0.39, 0.29) is 10.8 Å². The molecular weight excluding hydrogens is 480 g/mol. The van der Waals surface area contributed by atoms with Crippen LogP contribution in [0.2, 0.25) is 0 Å². The van der Waals surface area contributed by atoms with Crippen LogP contribution in [0, 0.1) is 0 Å². The van der Waals surface area contributed by atoms with Crippen molar-refractivity contribution in [1.29, 1.82) is 0 Å². The second-order valence-electron chi connectivity index (χ2n) is 12.9. The molecule has 7 aromatic rings. The Labute approximate surface area is 234 Å². The van der Waals surface area contributed by atoms with Crippen LogP contribution in [0.3, 0.4) is 0 Å². The van der Waals surface area contributed by atoms with Crippen LogP contribution in [-0.2, 0) is 10.8 Å². The molecule has 7 aromatic carbocycles. The van der Waals surface area contributed by atoms with Gasteiger partial charge in [0.1, 0.15) is 0 Å². The molecule has 0 fully saturated rings. The number of benzene rings is 7. The van der Waals surface area contributed by atoms with E-state index in [1.54, 1.807) is 0 Å². The van der Waals surface area contributed by atoms with Crippen LogP contribution in [0.1, 0.15) is 49.9 Å². The van der Waals surface area contributed by atoms with Crippen molar-refractivity contribution in [2.45, 2.75) is 38.5 Å². The molecule has 9 rings (SSSR count). The van der Waals surface area contributed by atoms with E-state index in [0.29, 0.717) is 0 Å². The number of fused-ring (bicyclic) bond motifs is 16. The molecule has 0 unspecified atom stereocenters. The maximum absolute atomic E-state index is 2.47. The molecule has 0 radical (unpaired) electrons. The highest BCUT2D eigenvalue weighted by Gasteiger charge is 2.46. The molecule has 0 saturated carbocycles. The summed E-state index contributed by atoms with van der Waals surface area (Å²) in [7, 11) is 0. The Hall–Kier alpha value is -4.42. The molecule has 0 aromatic heterocycles. The van der Waals surface area contributed by atoms with Crippen LogP contribution in [0.5, 0.6) is 0 Å². The molecule has 0 aliphatic heterocycles. The van der Waals surface area contributed by atoms with Crippen LogP contribution in [0.15, 0.2) is 109 Å². The summed E-state index contributed by atoms with van der Waals surface area (Å²) >= 11 is 0. The number of hydrogen-bond donors (Lipinski definition) is 0. The SMILES string of the molecule is CC1(C)c2ccc3ccccc3c2-c2ccc3c(c21)C(C)(C)c1c-3ccc2c3ccccc3c3ccccc3c12. The fourth-order valence-electron chi connectivity index (χ4n) is 8.55. The highest BCUT2D eigenvalue weighted by molar-refractivity contribution is 6.27. The second kappa shape index (κ2) is 7.20. The molecule has 0 bridgehead atoms. The predicted molar refractivity (Wildman–Crippen MR) is 172 cm³/mol. The topological polar surface area (TPSA) is 0 Å². The minimum Gasteiger partial charge on any atom is -0.0616 e. The van der Waals surface area contributed by atoms with Gasteiger partial charge >= 0.3 is 0 Å². The standard InChI is InChI=1S/C40H30/c1-39(2)33-22-17-23-11-5-6-12-24(23)34(33)32-21-20-31-30-19-18-29-27-15-8-7-13-25(27)26-14-9-10-16-28(26)35(29)36(30)40(3,4)37(31)38(32)39/h5-22H,1-4H3. The summed E-state index contributed by atoms with van der Waals surface area (Å²) in [5.41, 5.74) is 11.4. The van der Waals surface area contributed by atoms with Gasteiger partial charge in [-0.1, -0.05) is 137 Å². The van der Waals surface area contributed by atoms with Crippen molar-refractivity contribution in [3.63, 3.8) is 0 Å². The van der Waals surface area contributed by atoms with Crippen LogP contribution in [-0.4, -0.2) is 0 Å². The smallest absolute Gasteiger partial charge is 0.0168 e. The first-order valence-corrected chi connectivity index (χ1v) is 14.5. The van der Waals surface area contributed by atoms with E-state index in [1.165, 1.54) is 87.6 Å². The average molecular weight is 511 g/mol. The summed E-state index contributed by atoms with van der Waals surface area (Å²) < 4.78 is 0. The molecule has 0 heteroatoms. The lowest BCUT2D eigenvalue weighted by molar-refractivity contribution is 0.604. The third-order valence-corrected chi connectivity index (χ3v) is 10.2. The molecule has 0 atom stereocenters. The van der Waals surface area contributed by atoms with E-state index in [2.05, 4.69) is 137 Å². The molecule has 0 spiro atoms. The highest BCUT2D eigenvalue weighted by Crippen LogP contribution is 2.61. The predicted octanol–water partition coefficient (Wildman–Crippen LogP) is 10.9. The minimum atomic E-state index is -0.143. The maximum atomic E-state index is 2.47. The number of hydrogen-bond acceptors (Lipinski definition) is 0. The van der Waals surface area contributed by atoms with E-state index < -0.39 is 0 Å². The summed E-state index contributed by atoms with van der Waals surface area (Å²) in [5.74, 6) is 0. The van der Waals surface area contributed by atoms with Crippen molar-refractivity contribution in [3.05, 3.63) is 131 Å². The first-order chi connectivity index (χ1) is 19.4. The van der Waals surface area contributed by atoms with Gasteiger partial charge in [0.25, 0.3) is 0 Å². The average Bonchev–Trinajstić information content (AvgIpc) is 3.36. The van der Waals surface area contributed by atoms with Gasteiger partial charge < -0.3 is 0 Å². The Morgan fingerprint density at radius 2 is 0.875 bits per heavy atom. The first-order valence-electron chi connectivity index (χ1n) is 14.5. The summed E-state index contributed by atoms with van der Waals surface area (Å²) in [6.07, 6.45) is 0. The van der Waals surface area contributed by atoms with Gasteiger partial charge in [0.2, 0.25) is 0 Å². The van der Waals surface area contributed by atoms with Gasteiger partial charge in [-0.2, -0.15) is 0 Å². The second-order valence-corrected chi connectivity index (χ2v) is 12.9. The Kier molecular flexibility index (Phi) is 4.03. The zero-order chi connectivity index (χ0) is 27.0. The summed E-state index contributed by atoms with van der Waals surface area (Å²) in [6.45, 7) is 9.82. The van der Waals surface area contributed by atoms with Crippen LogP contribution < -0.4 is 0 Å². The Morgan fingerprint density at radius 1 is 0.375 bits per heavy atom. The maximum Gasteiger partial charge on any atom is 0.0168 e. The van der Waals surface area contributed by atoms with Crippen LogP contribution in [0.25, 0.3) is 65.3 Å². The fraction of sp³-hybridized carbons (Fsp3) is 0.150. The third kappa shape index (κ3) is 2.49. The van der Waals surface area contributed by atoms with E-state index in [1.807, 2.05) is 0 Å². The van der Waals surface area contributed by atoms with E-state index >= 15 is 0 Å². The molecule has 0 saturated heterocycles. The van der Waals surface area contributed by atoms with Gasteiger partial charge in [-0.15, -0.1) is 0 Å². The molecule has 2 aliphatic carbocycles. The molecule has 40 heavy (non-hydrogen) atoms. The van der Waals surface area contributed by atoms with E-state index in [9.17, 15) is 0 Å². The molecule has 0 nitrogen and oxygen atoms in total. The van der Waals surface area contributed by atoms with E-state index in [4.69, 9.17) is 0 Å². The Bertz CT molecular complexity index is 2220. The first kappa shape index (κ1) is 22.4. The summed E-state index contributed by atoms with van der Waals surface area (Å²) in [5, 5.41) is 10.8. The zero-order valence-corrected chi connectivity index (χ0v) is 23.4. The van der Waals surface area contributed by atoms with Crippen LogP contribution in [0.4, 0.5) is 0 Å². The van der Waals surface area contributed by atoms with E-state index in [0.717, 1.165) is 0 Å². The minimum absolute atomic E-state index is 0.0794. The quantitative estimate of drug-likeness (QED) is 0.178. The van der Waals surface area contributed by atoms with Gasteiger partial charge in [0.05, 0.1) is 0 Å². The van der Waals surface area contributed by atoms with Gasteiger partial charge in [-0.05, 0) is 87.6 Å². The monoisotopic (exact) mass is 510 g/mol. The van der Waals surface area contributed by atoms with Crippen LogP contribution >= 0.6 is 0 Å². The summed E-state index contributed by atoms with van der Waals surface area (Å²) in [4.78, 5) is 0. The third-order valence-electron chi connectivity index (χ3n) is 10.2. The lowest BCUT2D eigenvalue weighted by Gasteiger charge is -2.31. The van der Waals surface area contributed by atoms with Crippen molar-refractivity contribution in [2.24, 2.45) is 0 Å². The fourth-order valence-corrected chi connectivity index (χ4v) is 8.55. The van der Waals surface area contributed by atoms with Crippen molar-refractivity contribution >= 4 is 43.1 Å². The van der Waals surface area contributed by atoms with Crippen molar-refractivity contribution in [3.8, 4) is 22.3 Å². The number of rotatable bonds is 0.